The molecule has 5 rings (SSSR count). The molecule has 1 fully saturated rings. The number of hydrogen-bond donors (Lipinski definition) is 1. The van der Waals surface area contributed by atoms with Gasteiger partial charge in [-0.15, -0.1) is 0 Å². The van der Waals surface area contributed by atoms with Crippen LogP contribution >= 0.6 is 0 Å². The minimum atomic E-state index is -2.72. The fourth-order valence-corrected chi connectivity index (χ4v) is 4.37. The first-order valence-electron chi connectivity index (χ1n) is 12.4. The van der Waals surface area contributed by atoms with Crippen molar-refractivity contribution in [2.45, 2.75) is 45.0 Å². The molecule has 4 aromatic rings. The molecule has 1 aliphatic heterocycles. The third kappa shape index (κ3) is 5.25. The molecule has 38 heavy (non-hydrogen) atoms. The van der Waals surface area contributed by atoms with E-state index in [1.54, 1.807) is 41.4 Å². The topological polar surface area (TPSA) is 93.0 Å². The number of anilines is 1. The maximum absolute atomic E-state index is 13.5. The van der Waals surface area contributed by atoms with Crippen LogP contribution in [0.15, 0.2) is 61.3 Å². The Labute approximate surface area is 218 Å². The lowest BCUT2D eigenvalue weighted by Gasteiger charge is -2.31. The number of aromatic nitrogens is 4. The molecule has 5 heterocycles. The highest BCUT2D eigenvalue weighted by Crippen LogP contribution is 2.29. The van der Waals surface area contributed by atoms with Crippen molar-refractivity contribution in [1.82, 2.24) is 24.4 Å². The molecule has 2 amide bonds. The quantitative estimate of drug-likeness (QED) is 0.399. The fraction of sp³-hybridized carbons (Fsp3) is 0.321. The minimum Gasteiger partial charge on any atom is -0.338 e. The Morgan fingerprint density at radius 3 is 2.39 bits per heavy atom. The average Bonchev–Trinajstić information content (AvgIpc) is 3.31. The second-order valence-corrected chi connectivity index (χ2v) is 10.5. The van der Waals surface area contributed by atoms with Gasteiger partial charge in [0.05, 0.1) is 34.9 Å². The molecular formula is C28H28F2N6O2. The van der Waals surface area contributed by atoms with E-state index < -0.39 is 5.92 Å². The molecule has 0 aliphatic carbocycles. The van der Waals surface area contributed by atoms with Crippen LogP contribution in [0.5, 0.6) is 0 Å². The molecule has 8 nitrogen and oxygen atoms in total. The number of amides is 2. The normalized spacial score (nSPS) is 15.4. The highest BCUT2D eigenvalue weighted by molar-refractivity contribution is 6.04. The van der Waals surface area contributed by atoms with Crippen LogP contribution in [0.3, 0.4) is 0 Å². The average molecular weight is 519 g/mol. The summed E-state index contributed by atoms with van der Waals surface area (Å²) < 4.78 is 28.7. The van der Waals surface area contributed by atoms with Crippen molar-refractivity contribution in [3.05, 3.63) is 78.1 Å². The zero-order chi connectivity index (χ0) is 27.1. The SMILES string of the molecule is CC(C)(C)c1ccc(NC(=O)c2cncc(-n3ccc4cc(C(=O)N5CCC(F)(F)CC5)cnc43)c2)cn1. The molecule has 0 unspecified atom stereocenters. The fourth-order valence-electron chi connectivity index (χ4n) is 4.37. The summed E-state index contributed by atoms with van der Waals surface area (Å²) in [4.78, 5) is 40.3. The second kappa shape index (κ2) is 9.59. The Morgan fingerprint density at radius 2 is 1.71 bits per heavy atom. The second-order valence-electron chi connectivity index (χ2n) is 10.5. The van der Waals surface area contributed by atoms with Gasteiger partial charge in [-0.25, -0.2) is 13.8 Å². The molecule has 196 valence electrons. The van der Waals surface area contributed by atoms with E-state index in [9.17, 15) is 18.4 Å². The number of nitrogens with one attached hydrogen (secondary N) is 1. The smallest absolute Gasteiger partial charge is 0.257 e. The Morgan fingerprint density at radius 1 is 0.947 bits per heavy atom. The number of nitrogens with zero attached hydrogens (tertiary/aromatic N) is 5. The number of likely N-dealkylation sites (tertiary alicyclic amines) is 1. The monoisotopic (exact) mass is 518 g/mol. The van der Waals surface area contributed by atoms with Crippen LogP contribution in [0.4, 0.5) is 14.5 Å². The molecule has 0 spiro atoms. The van der Waals surface area contributed by atoms with Crippen molar-refractivity contribution in [2.24, 2.45) is 0 Å². The summed E-state index contributed by atoms with van der Waals surface area (Å²) in [6.45, 7) is 6.24. The zero-order valence-electron chi connectivity index (χ0n) is 21.4. The molecule has 0 saturated carbocycles. The van der Waals surface area contributed by atoms with Crippen molar-refractivity contribution < 1.29 is 18.4 Å². The van der Waals surface area contributed by atoms with Gasteiger partial charge in [0, 0.05) is 61.0 Å². The van der Waals surface area contributed by atoms with E-state index in [2.05, 4.69) is 41.0 Å². The summed E-state index contributed by atoms with van der Waals surface area (Å²) in [6.07, 6.45) is 7.29. The van der Waals surface area contributed by atoms with Gasteiger partial charge in [0.25, 0.3) is 17.7 Å². The first-order valence-corrected chi connectivity index (χ1v) is 12.4. The summed E-state index contributed by atoms with van der Waals surface area (Å²) in [7, 11) is 0. The van der Waals surface area contributed by atoms with Crippen molar-refractivity contribution >= 4 is 28.5 Å². The molecule has 1 N–H and O–H groups in total. The third-order valence-electron chi connectivity index (χ3n) is 6.61. The van der Waals surface area contributed by atoms with E-state index in [0.717, 1.165) is 5.69 Å². The molecule has 1 saturated heterocycles. The summed E-state index contributed by atoms with van der Waals surface area (Å²) in [6, 6.07) is 8.92. The third-order valence-corrected chi connectivity index (χ3v) is 6.61. The van der Waals surface area contributed by atoms with Gasteiger partial charge in [0.1, 0.15) is 5.65 Å². The zero-order valence-corrected chi connectivity index (χ0v) is 21.4. The van der Waals surface area contributed by atoms with E-state index in [1.165, 1.54) is 17.3 Å². The Bertz CT molecular complexity index is 1500. The van der Waals surface area contributed by atoms with Crippen LogP contribution in [-0.4, -0.2) is 55.2 Å². The van der Waals surface area contributed by atoms with E-state index in [4.69, 9.17) is 0 Å². The van der Waals surface area contributed by atoms with Gasteiger partial charge < -0.3 is 10.2 Å². The molecular weight excluding hydrogens is 490 g/mol. The van der Waals surface area contributed by atoms with Crippen LogP contribution in [0.1, 0.15) is 60.0 Å². The molecule has 4 aromatic heterocycles. The van der Waals surface area contributed by atoms with Gasteiger partial charge in [-0.1, -0.05) is 20.8 Å². The van der Waals surface area contributed by atoms with Gasteiger partial charge in [0.15, 0.2) is 0 Å². The number of fused-ring (bicyclic) bond motifs is 1. The number of rotatable bonds is 4. The van der Waals surface area contributed by atoms with E-state index in [0.29, 0.717) is 33.5 Å². The van der Waals surface area contributed by atoms with Crippen molar-refractivity contribution in [1.29, 1.82) is 0 Å². The number of alkyl halides is 2. The molecule has 0 atom stereocenters. The molecule has 0 radical (unpaired) electrons. The van der Waals surface area contributed by atoms with Crippen LogP contribution in [0.25, 0.3) is 16.7 Å². The van der Waals surface area contributed by atoms with Crippen LogP contribution in [-0.2, 0) is 5.41 Å². The maximum Gasteiger partial charge on any atom is 0.257 e. The van der Waals surface area contributed by atoms with Crippen molar-refractivity contribution in [3.63, 3.8) is 0 Å². The summed E-state index contributed by atoms with van der Waals surface area (Å²) in [5, 5.41) is 3.55. The number of pyridine rings is 3. The predicted molar refractivity (Wildman–Crippen MR) is 140 cm³/mol. The summed E-state index contributed by atoms with van der Waals surface area (Å²) in [5.41, 5.74) is 3.32. The number of piperidine rings is 1. The lowest BCUT2D eigenvalue weighted by molar-refractivity contribution is -0.0494. The van der Waals surface area contributed by atoms with Crippen LogP contribution in [0.2, 0.25) is 0 Å². The minimum absolute atomic E-state index is 0.0161. The Kier molecular flexibility index (Phi) is 6.42. The van der Waals surface area contributed by atoms with Gasteiger partial charge in [0.2, 0.25) is 0 Å². The van der Waals surface area contributed by atoms with Crippen molar-refractivity contribution in [2.75, 3.05) is 18.4 Å². The summed E-state index contributed by atoms with van der Waals surface area (Å²) >= 11 is 0. The van der Waals surface area contributed by atoms with E-state index >= 15 is 0 Å². The van der Waals surface area contributed by atoms with E-state index in [-0.39, 0.29) is 43.2 Å². The summed E-state index contributed by atoms with van der Waals surface area (Å²) in [5.74, 6) is -3.36. The van der Waals surface area contributed by atoms with Crippen molar-refractivity contribution in [3.8, 4) is 5.69 Å². The van der Waals surface area contributed by atoms with Gasteiger partial charge in [-0.3, -0.25) is 24.1 Å². The molecule has 10 heteroatoms. The number of carbonyl (C=O) groups excluding carboxylic acids is 2. The van der Waals surface area contributed by atoms with Gasteiger partial charge in [-0.2, -0.15) is 0 Å². The lowest BCUT2D eigenvalue weighted by atomic mass is 9.92. The lowest BCUT2D eigenvalue weighted by Crippen LogP contribution is -2.42. The maximum atomic E-state index is 13.5. The molecule has 1 aliphatic rings. The van der Waals surface area contributed by atoms with E-state index in [1.807, 2.05) is 12.1 Å². The molecule has 0 aromatic carbocycles. The van der Waals surface area contributed by atoms with Gasteiger partial charge >= 0.3 is 0 Å². The first kappa shape index (κ1) is 25.4. The van der Waals surface area contributed by atoms with Gasteiger partial charge in [-0.05, 0) is 30.3 Å². The predicted octanol–water partition coefficient (Wildman–Crippen LogP) is 5.24. The first-order chi connectivity index (χ1) is 18.0. The van der Waals surface area contributed by atoms with Crippen LogP contribution in [0, 0.1) is 0 Å². The number of halogens is 2. The largest absolute Gasteiger partial charge is 0.338 e. The highest BCUT2D eigenvalue weighted by atomic mass is 19.3. The Balaban J connectivity index is 1.33. The van der Waals surface area contributed by atoms with Crippen LogP contribution < -0.4 is 5.32 Å². The molecule has 0 bridgehead atoms. The number of carbonyl (C=O) groups is 2. The standard InChI is InChI=1S/C28H28F2N6O2/c1-27(2,3)23-5-4-21(16-32-23)34-25(37)19-13-22(17-31-14-19)36-9-6-18-12-20(15-33-24(18)36)26(38)35-10-7-28(29,30)8-11-35/h4-6,9,12-17H,7-8,10-11H2,1-3H3,(H,34,37). The number of hydrogen-bond acceptors (Lipinski definition) is 5. The Hall–Kier alpha value is -4.21. The highest BCUT2D eigenvalue weighted by Gasteiger charge is 2.35.